The van der Waals surface area contributed by atoms with Crippen LogP contribution in [0.3, 0.4) is 0 Å². The molecule has 1 atom stereocenters. The summed E-state index contributed by atoms with van der Waals surface area (Å²) in [6.45, 7) is 3.62. The van der Waals surface area contributed by atoms with Gasteiger partial charge in [0.15, 0.2) is 0 Å². The van der Waals surface area contributed by atoms with Crippen molar-refractivity contribution in [3.8, 4) is 0 Å². The van der Waals surface area contributed by atoms with Gasteiger partial charge in [0.1, 0.15) is 6.10 Å². The second-order valence-corrected chi connectivity index (χ2v) is 3.09. The van der Waals surface area contributed by atoms with Crippen LogP contribution < -0.4 is 0 Å². The minimum Gasteiger partial charge on any atom is -0.458 e. The van der Waals surface area contributed by atoms with Gasteiger partial charge in [0.2, 0.25) is 0 Å². The first-order valence-electron chi connectivity index (χ1n) is 3.66. The summed E-state index contributed by atoms with van der Waals surface area (Å²) < 4.78 is 5.06. The Morgan fingerprint density at radius 1 is 1.50 bits per heavy atom. The first-order chi connectivity index (χ1) is 4.77. The quantitative estimate of drug-likeness (QED) is 0.403. The fourth-order valence-corrected chi connectivity index (χ4v) is 1.32. The van der Waals surface area contributed by atoms with E-state index in [0.29, 0.717) is 11.5 Å². The molecule has 0 unspecified atom stereocenters. The van der Waals surface area contributed by atoms with Crippen LogP contribution in [0.1, 0.15) is 19.3 Å². The summed E-state index contributed by atoms with van der Waals surface area (Å²) in [5.41, 5.74) is 0.650. The molecular formula is C8H10O2. The van der Waals surface area contributed by atoms with Gasteiger partial charge in [-0.05, 0) is 18.8 Å². The molecule has 0 radical (unpaired) electrons. The van der Waals surface area contributed by atoms with Gasteiger partial charge in [-0.1, -0.05) is 6.58 Å². The molecule has 2 nitrogen and oxygen atoms in total. The Kier molecular flexibility index (Phi) is 1.10. The lowest BCUT2D eigenvalue weighted by Crippen LogP contribution is -2.08. The van der Waals surface area contributed by atoms with E-state index in [1.165, 1.54) is 12.8 Å². The lowest BCUT2D eigenvalue weighted by molar-refractivity contribution is -0.139. The molecule has 0 amide bonds. The van der Waals surface area contributed by atoms with Crippen molar-refractivity contribution in [3.63, 3.8) is 0 Å². The van der Waals surface area contributed by atoms with E-state index in [1.54, 1.807) is 0 Å². The van der Waals surface area contributed by atoms with Gasteiger partial charge in [0, 0.05) is 12.0 Å². The van der Waals surface area contributed by atoms with Gasteiger partial charge in [-0.25, -0.2) is 4.79 Å². The number of esters is 1. The third-order valence-corrected chi connectivity index (χ3v) is 2.14. The second-order valence-electron chi connectivity index (χ2n) is 3.09. The van der Waals surface area contributed by atoms with Crippen LogP contribution in [-0.2, 0) is 9.53 Å². The van der Waals surface area contributed by atoms with Gasteiger partial charge >= 0.3 is 5.97 Å². The maximum absolute atomic E-state index is 10.8. The lowest BCUT2D eigenvalue weighted by atomic mass is 10.1. The van der Waals surface area contributed by atoms with Crippen LogP contribution in [0.2, 0.25) is 0 Å². The SMILES string of the molecule is C=C1C[C@@H](C2CC2)OC1=O. The maximum atomic E-state index is 10.8. The van der Waals surface area contributed by atoms with Crippen LogP contribution in [-0.4, -0.2) is 12.1 Å². The zero-order valence-electron chi connectivity index (χ0n) is 5.80. The van der Waals surface area contributed by atoms with Gasteiger partial charge in [0.05, 0.1) is 0 Å². The van der Waals surface area contributed by atoms with E-state index >= 15 is 0 Å². The molecule has 10 heavy (non-hydrogen) atoms. The van der Waals surface area contributed by atoms with Crippen molar-refractivity contribution >= 4 is 5.97 Å². The van der Waals surface area contributed by atoms with Crippen molar-refractivity contribution < 1.29 is 9.53 Å². The molecule has 0 N–H and O–H groups in total. The molecular weight excluding hydrogens is 128 g/mol. The fraction of sp³-hybridized carbons (Fsp3) is 0.625. The molecule has 0 spiro atoms. The van der Waals surface area contributed by atoms with E-state index in [4.69, 9.17) is 4.74 Å². The third-order valence-electron chi connectivity index (χ3n) is 2.14. The summed E-state index contributed by atoms with van der Waals surface area (Å²) in [6.07, 6.45) is 3.40. The van der Waals surface area contributed by atoms with Crippen molar-refractivity contribution in [2.75, 3.05) is 0 Å². The molecule has 1 saturated heterocycles. The highest BCUT2D eigenvalue weighted by Gasteiger charge is 2.39. The summed E-state index contributed by atoms with van der Waals surface area (Å²) >= 11 is 0. The van der Waals surface area contributed by atoms with Crippen molar-refractivity contribution in [2.45, 2.75) is 25.4 Å². The van der Waals surface area contributed by atoms with Crippen LogP contribution in [0.5, 0.6) is 0 Å². The maximum Gasteiger partial charge on any atom is 0.333 e. The monoisotopic (exact) mass is 138 g/mol. The average Bonchev–Trinajstić information content (AvgIpc) is 2.64. The van der Waals surface area contributed by atoms with Crippen molar-refractivity contribution in [2.24, 2.45) is 5.92 Å². The minimum atomic E-state index is -0.183. The number of cyclic esters (lactones) is 1. The van der Waals surface area contributed by atoms with E-state index in [0.717, 1.165) is 6.42 Å². The smallest absolute Gasteiger partial charge is 0.333 e. The molecule has 2 heteroatoms. The summed E-state index contributed by atoms with van der Waals surface area (Å²) in [5.74, 6) is 0.472. The molecule has 54 valence electrons. The Balaban J connectivity index is 2.03. The van der Waals surface area contributed by atoms with Crippen molar-refractivity contribution in [1.82, 2.24) is 0 Å². The van der Waals surface area contributed by atoms with Gasteiger partial charge in [-0.2, -0.15) is 0 Å². The molecule has 2 fully saturated rings. The molecule has 1 saturated carbocycles. The number of hydrogen-bond acceptors (Lipinski definition) is 2. The molecule has 0 aromatic carbocycles. The lowest BCUT2D eigenvalue weighted by Gasteiger charge is -2.03. The number of hydrogen-bond donors (Lipinski definition) is 0. The Morgan fingerprint density at radius 2 is 2.20 bits per heavy atom. The van der Waals surface area contributed by atoms with Crippen LogP contribution >= 0.6 is 0 Å². The molecule has 0 aromatic heterocycles. The third kappa shape index (κ3) is 0.838. The fourth-order valence-electron chi connectivity index (χ4n) is 1.32. The number of carbonyl (C=O) groups excluding carboxylic acids is 1. The summed E-state index contributed by atoms with van der Waals surface area (Å²) in [7, 11) is 0. The highest BCUT2D eigenvalue weighted by Crippen LogP contribution is 2.39. The summed E-state index contributed by atoms with van der Waals surface area (Å²) in [6, 6.07) is 0. The topological polar surface area (TPSA) is 26.3 Å². The van der Waals surface area contributed by atoms with Crippen LogP contribution in [0.4, 0.5) is 0 Å². The van der Waals surface area contributed by atoms with Crippen LogP contribution in [0.25, 0.3) is 0 Å². The van der Waals surface area contributed by atoms with E-state index in [1.807, 2.05) is 0 Å². The first-order valence-corrected chi connectivity index (χ1v) is 3.66. The van der Waals surface area contributed by atoms with Gasteiger partial charge < -0.3 is 4.74 Å². The van der Waals surface area contributed by atoms with Crippen molar-refractivity contribution in [3.05, 3.63) is 12.2 Å². The second kappa shape index (κ2) is 1.84. The molecule has 1 aliphatic carbocycles. The summed E-state index contributed by atoms with van der Waals surface area (Å²) in [4.78, 5) is 10.8. The number of rotatable bonds is 1. The Hall–Kier alpha value is -0.790. The van der Waals surface area contributed by atoms with Gasteiger partial charge in [-0.3, -0.25) is 0 Å². The van der Waals surface area contributed by atoms with E-state index in [2.05, 4.69) is 6.58 Å². The summed E-state index contributed by atoms with van der Waals surface area (Å²) in [5, 5.41) is 0. The Labute approximate surface area is 59.9 Å². The van der Waals surface area contributed by atoms with Crippen molar-refractivity contribution in [1.29, 1.82) is 0 Å². The molecule has 0 aromatic rings. The number of ether oxygens (including phenoxy) is 1. The van der Waals surface area contributed by atoms with Gasteiger partial charge in [0.25, 0.3) is 0 Å². The number of carbonyl (C=O) groups is 1. The first kappa shape index (κ1) is 5.96. The minimum absolute atomic E-state index is 0.181. The standard InChI is InChI=1S/C8H10O2/c1-5-4-7(6-2-3-6)10-8(5)9/h6-7H,1-4H2/t7-/m0/s1. The molecule has 0 bridgehead atoms. The molecule has 2 rings (SSSR count). The average molecular weight is 138 g/mol. The predicted molar refractivity (Wildman–Crippen MR) is 36.4 cm³/mol. The zero-order valence-corrected chi connectivity index (χ0v) is 5.80. The predicted octanol–water partition coefficient (Wildman–Crippen LogP) is 1.27. The zero-order chi connectivity index (χ0) is 7.14. The van der Waals surface area contributed by atoms with Crippen LogP contribution in [0.15, 0.2) is 12.2 Å². The normalized spacial score (nSPS) is 32.6. The molecule has 2 aliphatic rings. The Bertz CT molecular complexity index is 175. The highest BCUT2D eigenvalue weighted by molar-refractivity contribution is 5.89. The largest absolute Gasteiger partial charge is 0.458 e. The Morgan fingerprint density at radius 3 is 2.60 bits per heavy atom. The van der Waals surface area contributed by atoms with E-state index in [-0.39, 0.29) is 12.1 Å². The molecule has 1 heterocycles. The van der Waals surface area contributed by atoms with E-state index < -0.39 is 0 Å². The van der Waals surface area contributed by atoms with E-state index in [9.17, 15) is 4.79 Å². The van der Waals surface area contributed by atoms with Gasteiger partial charge in [-0.15, -0.1) is 0 Å². The molecule has 1 aliphatic heterocycles. The van der Waals surface area contributed by atoms with Crippen LogP contribution in [0, 0.1) is 5.92 Å². The highest BCUT2D eigenvalue weighted by atomic mass is 16.6.